The summed E-state index contributed by atoms with van der Waals surface area (Å²) in [4.78, 5) is 34.1. The number of amides is 1. The number of aliphatic carboxylic acids is 1. The number of ether oxygens (including phenoxy) is 1. The molecular formula is C12H12NO5S-. The summed E-state index contributed by atoms with van der Waals surface area (Å²) in [6.45, 7) is 3.68. The lowest BCUT2D eigenvalue weighted by Gasteiger charge is -2.03. The minimum Gasteiger partial charge on any atom is -0.545 e. The molecule has 0 aliphatic carbocycles. The van der Waals surface area contributed by atoms with Crippen molar-refractivity contribution in [1.29, 1.82) is 0 Å². The van der Waals surface area contributed by atoms with Crippen LogP contribution in [0.4, 0.5) is 5.00 Å². The Hall–Kier alpha value is -2.15. The molecule has 6 nitrogen and oxygen atoms in total. The highest BCUT2D eigenvalue weighted by molar-refractivity contribution is 7.16. The molecule has 0 saturated carbocycles. The number of anilines is 1. The monoisotopic (exact) mass is 282 g/mol. The molecule has 1 rings (SSSR count). The smallest absolute Gasteiger partial charge is 0.341 e. The van der Waals surface area contributed by atoms with Crippen molar-refractivity contribution in [3.63, 3.8) is 0 Å². The van der Waals surface area contributed by atoms with Gasteiger partial charge in [-0.25, -0.2) is 4.79 Å². The molecule has 0 radical (unpaired) electrons. The molecule has 19 heavy (non-hydrogen) atoms. The Morgan fingerprint density at radius 1 is 1.42 bits per heavy atom. The van der Waals surface area contributed by atoms with Gasteiger partial charge in [0.15, 0.2) is 0 Å². The summed E-state index contributed by atoms with van der Waals surface area (Å²) in [6.07, 6.45) is 1.43. The van der Waals surface area contributed by atoms with Gasteiger partial charge in [0.25, 0.3) is 0 Å². The zero-order valence-corrected chi connectivity index (χ0v) is 11.2. The van der Waals surface area contributed by atoms with Crippen LogP contribution >= 0.6 is 11.3 Å². The minimum absolute atomic E-state index is 0.228. The van der Waals surface area contributed by atoms with Gasteiger partial charge in [-0.1, -0.05) is 0 Å². The number of aryl methyl sites for hydroxylation is 1. The number of carbonyl (C=O) groups excluding carboxylic acids is 3. The summed E-state index contributed by atoms with van der Waals surface area (Å²) >= 11 is 1.20. The molecule has 0 saturated heterocycles. The first-order chi connectivity index (χ1) is 8.93. The number of carbonyl (C=O) groups is 3. The standard InChI is InChI=1S/C12H13NO5S/c1-3-18-12(17)8-6-7(2)19-11(8)13-9(14)4-5-10(15)16/h4-6H,3H2,1-2H3,(H,13,14)(H,15,16)/p-1/b5-4+. The van der Waals surface area contributed by atoms with Crippen LogP contribution in [0.5, 0.6) is 0 Å². The quantitative estimate of drug-likeness (QED) is 0.626. The van der Waals surface area contributed by atoms with Crippen LogP contribution in [0.1, 0.15) is 22.2 Å². The van der Waals surface area contributed by atoms with Gasteiger partial charge < -0.3 is 20.0 Å². The van der Waals surface area contributed by atoms with Crippen LogP contribution in [-0.4, -0.2) is 24.5 Å². The molecule has 0 atom stereocenters. The third-order valence-electron chi connectivity index (χ3n) is 1.96. The lowest BCUT2D eigenvalue weighted by Crippen LogP contribution is -2.20. The maximum absolute atomic E-state index is 11.6. The molecule has 0 aliphatic heterocycles. The van der Waals surface area contributed by atoms with Crippen LogP contribution in [0, 0.1) is 6.92 Å². The van der Waals surface area contributed by atoms with Gasteiger partial charge in [0.1, 0.15) is 5.00 Å². The highest BCUT2D eigenvalue weighted by atomic mass is 32.1. The second kappa shape index (κ2) is 6.69. The predicted octanol–water partition coefficient (Wildman–Crippen LogP) is 0.478. The average molecular weight is 282 g/mol. The molecule has 102 valence electrons. The highest BCUT2D eigenvalue weighted by Gasteiger charge is 2.16. The number of rotatable bonds is 5. The second-order valence-electron chi connectivity index (χ2n) is 3.46. The molecule has 0 aliphatic rings. The lowest BCUT2D eigenvalue weighted by molar-refractivity contribution is -0.297. The molecule has 1 aromatic rings. The van der Waals surface area contributed by atoms with E-state index >= 15 is 0 Å². The Labute approximate surface area is 113 Å². The number of thiophene rings is 1. The maximum Gasteiger partial charge on any atom is 0.341 e. The van der Waals surface area contributed by atoms with Gasteiger partial charge in [-0.05, 0) is 26.0 Å². The van der Waals surface area contributed by atoms with E-state index in [9.17, 15) is 19.5 Å². The molecule has 0 spiro atoms. The first kappa shape index (κ1) is 14.9. The minimum atomic E-state index is -1.47. The summed E-state index contributed by atoms with van der Waals surface area (Å²) in [6, 6.07) is 1.60. The van der Waals surface area contributed by atoms with E-state index in [0.717, 1.165) is 11.0 Å². The van der Waals surface area contributed by atoms with E-state index in [1.165, 1.54) is 11.3 Å². The average Bonchev–Trinajstić information content (AvgIpc) is 2.68. The van der Waals surface area contributed by atoms with E-state index in [4.69, 9.17) is 4.74 Å². The summed E-state index contributed by atoms with van der Waals surface area (Å²) in [7, 11) is 0. The fraction of sp³-hybridized carbons (Fsp3) is 0.250. The van der Waals surface area contributed by atoms with Crippen molar-refractivity contribution in [1.82, 2.24) is 0 Å². The van der Waals surface area contributed by atoms with Gasteiger partial charge in [-0.15, -0.1) is 11.3 Å². The molecule has 1 amide bonds. The molecule has 0 fully saturated rings. The van der Waals surface area contributed by atoms with Gasteiger partial charge in [-0.3, -0.25) is 4.79 Å². The third-order valence-corrected chi connectivity index (χ3v) is 2.92. The van der Waals surface area contributed by atoms with Crippen molar-refractivity contribution >= 4 is 34.2 Å². The van der Waals surface area contributed by atoms with Crippen LogP contribution in [0.3, 0.4) is 0 Å². The van der Waals surface area contributed by atoms with Gasteiger partial charge >= 0.3 is 5.97 Å². The third kappa shape index (κ3) is 4.55. The second-order valence-corrected chi connectivity index (χ2v) is 4.72. The van der Waals surface area contributed by atoms with E-state index < -0.39 is 17.8 Å². The topological polar surface area (TPSA) is 95.5 Å². The fourth-order valence-electron chi connectivity index (χ4n) is 1.26. The zero-order valence-electron chi connectivity index (χ0n) is 10.4. The van der Waals surface area contributed by atoms with E-state index in [2.05, 4.69) is 5.32 Å². The Balaban J connectivity index is 2.86. The van der Waals surface area contributed by atoms with Crippen LogP contribution < -0.4 is 10.4 Å². The molecule has 1 N–H and O–H groups in total. The number of esters is 1. The van der Waals surface area contributed by atoms with Crippen molar-refractivity contribution in [2.45, 2.75) is 13.8 Å². The van der Waals surface area contributed by atoms with E-state index in [1.807, 2.05) is 0 Å². The molecule has 0 unspecified atom stereocenters. The molecule has 7 heteroatoms. The van der Waals surface area contributed by atoms with E-state index in [-0.39, 0.29) is 12.2 Å². The number of hydrogen-bond acceptors (Lipinski definition) is 6. The Kier molecular flexibility index (Phi) is 5.25. The first-order valence-electron chi connectivity index (χ1n) is 5.41. The number of carboxylic acids is 1. The molecule has 0 aromatic carbocycles. The Morgan fingerprint density at radius 2 is 2.11 bits per heavy atom. The largest absolute Gasteiger partial charge is 0.545 e. The predicted molar refractivity (Wildman–Crippen MR) is 67.8 cm³/mol. The summed E-state index contributed by atoms with van der Waals surface area (Å²) in [5.74, 6) is -2.66. The molecule has 1 aromatic heterocycles. The van der Waals surface area contributed by atoms with Crippen LogP contribution in [0.25, 0.3) is 0 Å². The first-order valence-corrected chi connectivity index (χ1v) is 6.23. The van der Waals surface area contributed by atoms with Crippen molar-refractivity contribution in [2.75, 3.05) is 11.9 Å². The number of hydrogen-bond donors (Lipinski definition) is 1. The van der Waals surface area contributed by atoms with Crippen molar-refractivity contribution in [3.05, 3.63) is 28.7 Å². The van der Waals surface area contributed by atoms with Crippen LogP contribution in [-0.2, 0) is 14.3 Å². The fourth-order valence-corrected chi connectivity index (χ4v) is 2.17. The molecule has 0 bridgehead atoms. The number of nitrogens with one attached hydrogen (secondary N) is 1. The highest BCUT2D eigenvalue weighted by Crippen LogP contribution is 2.28. The summed E-state index contributed by atoms with van der Waals surface area (Å²) in [5, 5.41) is 12.9. The summed E-state index contributed by atoms with van der Waals surface area (Å²) in [5.41, 5.74) is 0.250. The summed E-state index contributed by atoms with van der Waals surface area (Å²) < 4.78 is 4.86. The van der Waals surface area contributed by atoms with Gasteiger partial charge in [-0.2, -0.15) is 0 Å². The normalized spacial score (nSPS) is 10.4. The van der Waals surface area contributed by atoms with Crippen LogP contribution in [0.2, 0.25) is 0 Å². The zero-order chi connectivity index (χ0) is 14.4. The number of carboxylic acid groups (broad SMARTS) is 1. The SMILES string of the molecule is CCOC(=O)c1cc(C)sc1NC(=O)/C=C/C(=O)[O-]. The lowest BCUT2D eigenvalue weighted by atomic mass is 10.3. The Bertz CT molecular complexity index is 532. The van der Waals surface area contributed by atoms with E-state index in [1.54, 1.807) is 19.9 Å². The maximum atomic E-state index is 11.6. The van der Waals surface area contributed by atoms with Gasteiger partial charge in [0, 0.05) is 11.0 Å². The van der Waals surface area contributed by atoms with Gasteiger partial charge in [0.2, 0.25) is 5.91 Å². The Morgan fingerprint density at radius 3 is 2.68 bits per heavy atom. The van der Waals surface area contributed by atoms with Crippen molar-refractivity contribution < 1.29 is 24.2 Å². The molecular weight excluding hydrogens is 270 g/mol. The van der Waals surface area contributed by atoms with E-state index in [0.29, 0.717) is 11.1 Å². The van der Waals surface area contributed by atoms with Crippen molar-refractivity contribution in [3.8, 4) is 0 Å². The van der Waals surface area contributed by atoms with Crippen LogP contribution in [0.15, 0.2) is 18.2 Å². The molecule has 1 heterocycles. The van der Waals surface area contributed by atoms with Crippen molar-refractivity contribution in [2.24, 2.45) is 0 Å². The van der Waals surface area contributed by atoms with Gasteiger partial charge in [0.05, 0.1) is 18.1 Å².